The summed E-state index contributed by atoms with van der Waals surface area (Å²) in [5.41, 5.74) is 5.08. The van der Waals surface area contributed by atoms with E-state index in [1.54, 1.807) is 31.2 Å². The number of hydrazine groups is 1. The van der Waals surface area contributed by atoms with E-state index in [0.29, 0.717) is 29.0 Å². The topological polar surface area (TPSA) is 88.0 Å². The van der Waals surface area contributed by atoms with Gasteiger partial charge in [0.2, 0.25) is 0 Å². The van der Waals surface area contributed by atoms with Crippen molar-refractivity contribution < 1.29 is 4.79 Å². The predicted molar refractivity (Wildman–Crippen MR) is 93.2 cm³/mol. The van der Waals surface area contributed by atoms with Crippen LogP contribution < -0.4 is 21.7 Å². The van der Waals surface area contributed by atoms with Crippen molar-refractivity contribution in [1.82, 2.24) is 25.9 Å². The fourth-order valence-electron chi connectivity index (χ4n) is 2.07. The highest BCUT2D eigenvalue weighted by molar-refractivity contribution is 7.80. The van der Waals surface area contributed by atoms with Crippen molar-refractivity contribution in [3.8, 4) is 0 Å². The van der Waals surface area contributed by atoms with Gasteiger partial charge in [-0.15, -0.1) is 0 Å². The predicted octanol–water partition coefficient (Wildman–Crippen LogP) is 0.935. The second-order valence-electron chi connectivity index (χ2n) is 4.85. The van der Waals surface area contributed by atoms with Gasteiger partial charge in [0.15, 0.2) is 10.8 Å². The van der Waals surface area contributed by atoms with Crippen LogP contribution >= 0.6 is 12.2 Å². The number of aryl methyl sites for hydroxylation is 1. The highest BCUT2D eigenvalue weighted by Crippen LogP contribution is 2.12. The molecule has 1 aromatic heterocycles. The molecule has 2 rings (SSSR count). The summed E-state index contributed by atoms with van der Waals surface area (Å²) in [6.07, 6.45) is 0.920. The minimum Gasteiger partial charge on any atom is -0.361 e. The first-order valence-electron chi connectivity index (χ1n) is 7.42. The van der Waals surface area contributed by atoms with Crippen LogP contribution in [-0.2, 0) is 6.54 Å². The highest BCUT2D eigenvalue weighted by atomic mass is 32.1. The first-order valence-corrected chi connectivity index (χ1v) is 7.83. The summed E-state index contributed by atoms with van der Waals surface area (Å²) in [5.74, 6) is -0.455. The zero-order valence-corrected chi connectivity index (χ0v) is 13.9. The lowest BCUT2D eigenvalue weighted by Gasteiger charge is -2.12. The van der Waals surface area contributed by atoms with Gasteiger partial charge in [-0.05, 0) is 31.6 Å². The molecule has 1 heterocycles. The summed E-state index contributed by atoms with van der Waals surface area (Å²) < 4.78 is 1.27. The van der Waals surface area contributed by atoms with Crippen LogP contribution in [0.25, 0.3) is 10.8 Å². The maximum Gasteiger partial charge on any atom is 0.290 e. The molecular formula is C15H19N5O2S. The number of thiocarbonyl (C=S) groups is 1. The Balaban J connectivity index is 2.28. The third-order valence-corrected chi connectivity index (χ3v) is 3.45. The first-order chi connectivity index (χ1) is 11.1. The number of fused-ring (bicyclic) bond motifs is 1. The van der Waals surface area contributed by atoms with Gasteiger partial charge in [0.05, 0.1) is 5.39 Å². The molecule has 23 heavy (non-hydrogen) atoms. The Hall–Kier alpha value is -2.48. The van der Waals surface area contributed by atoms with E-state index in [1.807, 2.05) is 6.92 Å². The fourth-order valence-corrected chi connectivity index (χ4v) is 2.23. The van der Waals surface area contributed by atoms with Crippen LogP contribution in [0, 0.1) is 0 Å². The maximum atomic E-state index is 12.4. The molecule has 0 spiro atoms. The number of nitrogens with zero attached hydrogens (tertiary/aromatic N) is 2. The van der Waals surface area contributed by atoms with Crippen molar-refractivity contribution in [2.45, 2.75) is 26.8 Å². The van der Waals surface area contributed by atoms with Gasteiger partial charge >= 0.3 is 0 Å². The number of hydrogen-bond acceptors (Lipinski definition) is 4. The number of benzene rings is 1. The van der Waals surface area contributed by atoms with Gasteiger partial charge < -0.3 is 5.32 Å². The molecule has 0 fully saturated rings. The Morgan fingerprint density at radius 2 is 1.91 bits per heavy atom. The summed E-state index contributed by atoms with van der Waals surface area (Å²) in [7, 11) is 0. The van der Waals surface area contributed by atoms with Crippen LogP contribution in [0.15, 0.2) is 29.1 Å². The van der Waals surface area contributed by atoms with Crippen LogP contribution in [-0.4, -0.2) is 27.3 Å². The minimum atomic E-state index is -0.455. The highest BCUT2D eigenvalue weighted by Gasteiger charge is 2.16. The summed E-state index contributed by atoms with van der Waals surface area (Å²) in [6.45, 7) is 4.91. The van der Waals surface area contributed by atoms with Crippen molar-refractivity contribution in [2.24, 2.45) is 0 Å². The second-order valence-corrected chi connectivity index (χ2v) is 5.26. The third-order valence-electron chi connectivity index (χ3n) is 3.21. The maximum absolute atomic E-state index is 12.4. The van der Waals surface area contributed by atoms with Gasteiger partial charge in [0.25, 0.3) is 11.5 Å². The van der Waals surface area contributed by atoms with Gasteiger partial charge in [-0.2, -0.15) is 5.10 Å². The molecule has 0 atom stereocenters. The van der Waals surface area contributed by atoms with Crippen LogP contribution in [0.1, 0.15) is 30.8 Å². The fraction of sp³-hybridized carbons (Fsp3) is 0.333. The Morgan fingerprint density at radius 3 is 2.57 bits per heavy atom. The van der Waals surface area contributed by atoms with Gasteiger partial charge in [-0.1, -0.05) is 25.1 Å². The molecule has 0 saturated carbocycles. The van der Waals surface area contributed by atoms with E-state index < -0.39 is 5.91 Å². The number of nitrogens with one attached hydrogen (secondary N) is 3. The third kappa shape index (κ3) is 3.84. The minimum absolute atomic E-state index is 0.174. The van der Waals surface area contributed by atoms with Gasteiger partial charge in [-0.25, -0.2) is 4.68 Å². The number of hydrogen-bond donors (Lipinski definition) is 3. The lowest BCUT2D eigenvalue weighted by molar-refractivity contribution is 0.0938. The number of carbonyl (C=O) groups is 1. The molecule has 1 aromatic carbocycles. The molecule has 8 heteroatoms. The SMILES string of the molecule is CCCNC(=S)NNC(=O)c1nn(CC)c(=O)c2ccccc12. The molecular weight excluding hydrogens is 314 g/mol. The molecule has 7 nitrogen and oxygen atoms in total. The van der Waals surface area contributed by atoms with E-state index in [4.69, 9.17) is 12.2 Å². The average molecular weight is 333 g/mol. The number of rotatable bonds is 4. The van der Waals surface area contributed by atoms with Crippen molar-refractivity contribution in [3.63, 3.8) is 0 Å². The molecule has 0 bridgehead atoms. The van der Waals surface area contributed by atoms with Crippen LogP contribution in [0.4, 0.5) is 0 Å². The molecule has 3 N–H and O–H groups in total. The van der Waals surface area contributed by atoms with Crippen molar-refractivity contribution in [3.05, 3.63) is 40.3 Å². The molecule has 0 saturated heterocycles. The molecule has 0 unspecified atom stereocenters. The quantitative estimate of drug-likeness (QED) is 0.570. The molecule has 0 aliphatic rings. The number of carbonyl (C=O) groups excluding carboxylic acids is 1. The Morgan fingerprint density at radius 1 is 1.22 bits per heavy atom. The lowest BCUT2D eigenvalue weighted by atomic mass is 10.1. The van der Waals surface area contributed by atoms with Crippen LogP contribution in [0.2, 0.25) is 0 Å². The van der Waals surface area contributed by atoms with E-state index in [-0.39, 0.29) is 11.3 Å². The molecule has 0 aliphatic carbocycles. The number of amides is 1. The van der Waals surface area contributed by atoms with E-state index >= 15 is 0 Å². The van der Waals surface area contributed by atoms with Crippen molar-refractivity contribution in [2.75, 3.05) is 6.54 Å². The Kier molecular flexibility index (Phi) is 5.64. The molecule has 1 amide bonds. The summed E-state index contributed by atoms with van der Waals surface area (Å²) in [5, 5.41) is 8.38. The Labute approximate surface area is 139 Å². The monoisotopic (exact) mass is 333 g/mol. The van der Waals surface area contributed by atoms with E-state index in [0.717, 1.165) is 6.42 Å². The smallest absolute Gasteiger partial charge is 0.290 e. The summed E-state index contributed by atoms with van der Waals surface area (Å²) >= 11 is 5.04. The molecule has 0 aliphatic heterocycles. The normalized spacial score (nSPS) is 10.3. The lowest BCUT2D eigenvalue weighted by Crippen LogP contribution is -2.47. The summed E-state index contributed by atoms with van der Waals surface area (Å²) in [4.78, 5) is 24.6. The molecule has 122 valence electrons. The molecule has 2 aromatic rings. The van der Waals surface area contributed by atoms with Crippen LogP contribution in [0.3, 0.4) is 0 Å². The largest absolute Gasteiger partial charge is 0.361 e. The molecule has 0 radical (unpaired) electrons. The Bertz CT molecular complexity index is 787. The van der Waals surface area contributed by atoms with Gasteiger partial charge in [0.1, 0.15) is 0 Å². The zero-order valence-electron chi connectivity index (χ0n) is 13.0. The standard InChI is InChI=1S/C15H19N5O2S/c1-3-9-16-15(23)18-17-13(21)12-10-7-5-6-8-11(10)14(22)20(4-2)19-12/h5-8H,3-4,9H2,1-2H3,(H,17,21)(H2,16,18,23). The van der Waals surface area contributed by atoms with Crippen LogP contribution in [0.5, 0.6) is 0 Å². The van der Waals surface area contributed by atoms with E-state index in [1.165, 1.54) is 4.68 Å². The van der Waals surface area contributed by atoms with Crippen molar-refractivity contribution in [1.29, 1.82) is 0 Å². The van der Waals surface area contributed by atoms with Gasteiger partial charge in [-0.3, -0.25) is 20.4 Å². The van der Waals surface area contributed by atoms with Crippen molar-refractivity contribution >= 4 is 34.0 Å². The van der Waals surface area contributed by atoms with Gasteiger partial charge in [0, 0.05) is 18.5 Å². The number of aromatic nitrogens is 2. The van der Waals surface area contributed by atoms with E-state index in [9.17, 15) is 9.59 Å². The zero-order chi connectivity index (χ0) is 16.8. The van der Waals surface area contributed by atoms with E-state index in [2.05, 4.69) is 21.3 Å². The summed E-state index contributed by atoms with van der Waals surface area (Å²) in [6, 6.07) is 6.90. The average Bonchev–Trinajstić information content (AvgIpc) is 2.58. The second kappa shape index (κ2) is 7.68. The first kappa shape index (κ1) is 16.9.